The van der Waals surface area contributed by atoms with Gasteiger partial charge in [0.2, 0.25) is 0 Å². The predicted molar refractivity (Wildman–Crippen MR) is 63.4 cm³/mol. The van der Waals surface area contributed by atoms with E-state index in [2.05, 4.69) is 23.0 Å². The molecule has 2 nitrogen and oxygen atoms in total. The summed E-state index contributed by atoms with van der Waals surface area (Å²) in [6, 6.07) is 5.86. The summed E-state index contributed by atoms with van der Waals surface area (Å²) in [5.74, 6) is 0.607. The van der Waals surface area contributed by atoms with Crippen LogP contribution in [-0.2, 0) is 0 Å². The summed E-state index contributed by atoms with van der Waals surface area (Å²) in [5, 5.41) is 0. The topological polar surface area (TPSA) is 25.2 Å². The fourth-order valence-electron chi connectivity index (χ4n) is 1.58. The number of halogens is 1. The maximum absolute atomic E-state index is 5.95. The van der Waals surface area contributed by atoms with Gasteiger partial charge in [-0.25, -0.2) is 0 Å². The maximum Gasteiger partial charge on any atom is 0.0844 e. The fraction of sp³-hybridized carbons (Fsp3) is 0.333. The monoisotopic (exact) mass is 220 g/mol. The first-order chi connectivity index (χ1) is 7.23. The Bertz CT molecular complexity index is 397. The van der Waals surface area contributed by atoms with E-state index in [0.717, 1.165) is 17.8 Å². The largest absolute Gasteiger partial charge is 0.259 e. The predicted octanol–water partition coefficient (Wildman–Crippen LogP) is 3.03. The van der Waals surface area contributed by atoms with E-state index in [1.165, 1.54) is 0 Å². The third kappa shape index (κ3) is 2.26. The number of rotatable bonds is 2. The zero-order valence-electron chi connectivity index (χ0n) is 8.65. The van der Waals surface area contributed by atoms with E-state index in [4.69, 9.17) is 11.6 Å². The molecule has 15 heavy (non-hydrogen) atoms. The first-order valence-corrected chi connectivity index (χ1v) is 5.49. The van der Waals surface area contributed by atoms with Crippen molar-refractivity contribution < 1.29 is 0 Å². The lowest BCUT2D eigenvalue weighted by molar-refractivity contribution is 0.505. The molecule has 1 atom stereocenters. The van der Waals surface area contributed by atoms with Gasteiger partial charge in [-0.2, -0.15) is 0 Å². The number of alkyl halides is 1. The zero-order chi connectivity index (χ0) is 10.7. The van der Waals surface area contributed by atoms with E-state index in [1.54, 1.807) is 6.20 Å². The third-order valence-electron chi connectivity index (χ3n) is 2.54. The number of aromatic nitrogens is 1. The lowest BCUT2D eigenvalue weighted by Crippen LogP contribution is -2.23. The minimum absolute atomic E-state index is 0.0101. The molecular weight excluding hydrogens is 208 g/mol. The number of hydrogen-bond donors (Lipinski definition) is 0. The van der Waals surface area contributed by atoms with Gasteiger partial charge in [0.25, 0.3) is 0 Å². The van der Waals surface area contributed by atoms with E-state index in [0.29, 0.717) is 5.88 Å². The highest BCUT2D eigenvalue weighted by molar-refractivity contribution is 6.18. The lowest BCUT2D eigenvalue weighted by Gasteiger charge is -2.25. The van der Waals surface area contributed by atoms with Gasteiger partial charge in [0, 0.05) is 30.1 Å². The Labute approximate surface area is 94.7 Å². The SMILES string of the molecule is CC1(CCl)C=CN=C(c2ccccn2)C1. The molecule has 2 rings (SSSR count). The van der Waals surface area contributed by atoms with E-state index >= 15 is 0 Å². The Morgan fingerprint density at radius 1 is 1.47 bits per heavy atom. The van der Waals surface area contributed by atoms with Crippen molar-refractivity contribution in [2.24, 2.45) is 10.4 Å². The summed E-state index contributed by atoms with van der Waals surface area (Å²) in [5.41, 5.74) is 1.97. The normalized spacial score (nSPS) is 25.1. The number of allylic oxidation sites excluding steroid dienone is 1. The first kappa shape index (κ1) is 10.4. The van der Waals surface area contributed by atoms with Crippen LogP contribution in [0.1, 0.15) is 19.0 Å². The van der Waals surface area contributed by atoms with Crippen LogP contribution in [0.3, 0.4) is 0 Å². The van der Waals surface area contributed by atoms with Crippen LogP contribution in [0.4, 0.5) is 0 Å². The highest BCUT2D eigenvalue weighted by Gasteiger charge is 2.25. The number of hydrogen-bond acceptors (Lipinski definition) is 2. The van der Waals surface area contributed by atoms with Crippen LogP contribution in [-0.4, -0.2) is 16.6 Å². The summed E-state index contributed by atoms with van der Waals surface area (Å²) in [7, 11) is 0. The molecule has 1 aromatic heterocycles. The molecule has 0 N–H and O–H groups in total. The number of aliphatic imine (C=N–C) groups is 1. The van der Waals surface area contributed by atoms with Crippen LogP contribution in [0.2, 0.25) is 0 Å². The summed E-state index contributed by atoms with van der Waals surface area (Å²) in [4.78, 5) is 8.65. The molecule has 0 saturated carbocycles. The summed E-state index contributed by atoms with van der Waals surface area (Å²) in [6.07, 6.45) is 6.53. The van der Waals surface area contributed by atoms with Gasteiger partial charge in [-0.1, -0.05) is 19.1 Å². The van der Waals surface area contributed by atoms with Crippen molar-refractivity contribution in [2.45, 2.75) is 13.3 Å². The minimum atomic E-state index is 0.0101. The average molecular weight is 221 g/mol. The number of pyridine rings is 1. The molecule has 1 aromatic rings. The lowest BCUT2D eigenvalue weighted by atomic mass is 9.84. The molecule has 0 aromatic carbocycles. The fourth-order valence-corrected chi connectivity index (χ4v) is 1.76. The molecule has 0 radical (unpaired) electrons. The van der Waals surface area contributed by atoms with Gasteiger partial charge in [0.1, 0.15) is 0 Å². The van der Waals surface area contributed by atoms with Crippen LogP contribution >= 0.6 is 11.6 Å². The van der Waals surface area contributed by atoms with E-state index < -0.39 is 0 Å². The van der Waals surface area contributed by atoms with Gasteiger partial charge in [-0.05, 0) is 12.1 Å². The molecule has 1 aliphatic heterocycles. The Kier molecular flexibility index (Phi) is 2.87. The highest BCUT2D eigenvalue weighted by atomic mass is 35.5. The quantitative estimate of drug-likeness (QED) is 0.704. The molecule has 0 spiro atoms. The van der Waals surface area contributed by atoms with Crippen molar-refractivity contribution in [3.05, 3.63) is 42.4 Å². The second kappa shape index (κ2) is 4.15. The van der Waals surface area contributed by atoms with E-state index in [-0.39, 0.29) is 5.41 Å². The summed E-state index contributed by atoms with van der Waals surface area (Å²) in [6.45, 7) is 2.13. The molecule has 1 unspecified atom stereocenters. The van der Waals surface area contributed by atoms with Crippen LogP contribution in [0, 0.1) is 5.41 Å². The average Bonchev–Trinajstić information content (AvgIpc) is 2.30. The molecule has 0 bridgehead atoms. The zero-order valence-corrected chi connectivity index (χ0v) is 9.41. The maximum atomic E-state index is 5.95. The molecule has 1 aliphatic rings. The smallest absolute Gasteiger partial charge is 0.0844 e. The Balaban J connectivity index is 2.26. The molecular formula is C12H13ClN2. The van der Waals surface area contributed by atoms with Gasteiger partial charge < -0.3 is 0 Å². The van der Waals surface area contributed by atoms with Gasteiger partial charge in [-0.3, -0.25) is 9.98 Å². The van der Waals surface area contributed by atoms with Crippen LogP contribution in [0.15, 0.2) is 41.7 Å². The van der Waals surface area contributed by atoms with Crippen molar-refractivity contribution in [2.75, 3.05) is 5.88 Å². The van der Waals surface area contributed by atoms with Crippen molar-refractivity contribution in [3.8, 4) is 0 Å². The van der Waals surface area contributed by atoms with Gasteiger partial charge in [0.05, 0.1) is 11.4 Å². The molecule has 0 amide bonds. The van der Waals surface area contributed by atoms with Crippen molar-refractivity contribution in [3.63, 3.8) is 0 Å². The summed E-state index contributed by atoms with van der Waals surface area (Å²) < 4.78 is 0. The van der Waals surface area contributed by atoms with E-state index in [9.17, 15) is 0 Å². The van der Waals surface area contributed by atoms with E-state index in [1.807, 2.05) is 24.4 Å². The summed E-state index contributed by atoms with van der Waals surface area (Å²) >= 11 is 5.95. The van der Waals surface area contributed by atoms with Gasteiger partial charge >= 0.3 is 0 Å². The highest BCUT2D eigenvalue weighted by Crippen LogP contribution is 2.29. The van der Waals surface area contributed by atoms with Crippen LogP contribution < -0.4 is 0 Å². The Morgan fingerprint density at radius 2 is 2.33 bits per heavy atom. The van der Waals surface area contributed by atoms with Gasteiger partial charge in [-0.15, -0.1) is 11.6 Å². The Hall–Kier alpha value is -1.15. The molecule has 0 fully saturated rings. The standard InChI is InChI=1S/C12H13ClN2/c1-12(9-13)5-7-15-11(8-12)10-4-2-3-6-14-10/h2-7H,8-9H2,1H3. The molecule has 0 aliphatic carbocycles. The minimum Gasteiger partial charge on any atom is -0.259 e. The molecule has 0 saturated heterocycles. The second-order valence-electron chi connectivity index (χ2n) is 4.07. The molecule has 3 heteroatoms. The molecule has 2 heterocycles. The first-order valence-electron chi connectivity index (χ1n) is 4.95. The van der Waals surface area contributed by atoms with Crippen LogP contribution in [0.25, 0.3) is 0 Å². The van der Waals surface area contributed by atoms with Crippen LogP contribution in [0.5, 0.6) is 0 Å². The molecule has 78 valence electrons. The third-order valence-corrected chi connectivity index (χ3v) is 3.15. The second-order valence-corrected chi connectivity index (χ2v) is 4.34. The van der Waals surface area contributed by atoms with Crippen molar-refractivity contribution in [1.29, 1.82) is 0 Å². The van der Waals surface area contributed by atoms with Gasteiger partial charge in [0.15, 0.2) is 0 Å². The Morgan fingerprint density at radius 3 is 3.00 bits per heavy atom. The van der Waals surface area contributed by atoms with Crippen molar-refractivity contribution in [1.82, 2.24) is 4.98 Å². The van der Waals surface area contributed by atoms with Crippen molar-refractivity contribution >= 4 is 17.3 Å². The number of nitrogens with zero attached hydrogens (tertiary/aromatic N) is 2.